The molecule has 1 saturated carbocycles. The molecule has 2 nitrogen and oxygen atoms in total. The van der Waals surface area contributed by atoms with Gasteiger partial charge in [0, 0.05) is 5.70 Å². The summed E-state index contributed by atoms with van der Waals surface area (Å²) in [5, 5.41) is 0. The predicted molar refractivity (Wildman–Crippen MR) is 43.8 cm³/mol. The maximum Gasteiger partial charge on any atom is 0.116 e. The van der Waals surface area contributed by atoms with Crippen LogP contribution in [0, 0.1) is 0 Å². The predicted octanol–water partition coefficient (Wildman–Crippen LogP) is 2.13. The fourth-order valence-corrected chi connectivity index (χ4v) is 2.03. The molecule has 2 rings (SSSR count). The number of rotatable bonds is 0. The van der Waals surface area contributed by atoms with Crippen LogP contribution in [0.15, 0.2) is 11.8 Å². The first-order chi connectivity index (χ1) is 5.31. The fourth-order valence-electron chi connectivity index (χ4n) is 2.03. The van der Waals surface area contributed by atoms with Crippen LogP contribution in [0.1, 0.15) is 39.0 Å². The minimum absolute atomic E-state index is 0.0718. The Morgan fingerprint density at radius 1 is 1.36 bits per heavy atom. The van der Waals surface area contributed by atoms with E-state index in [0.717, 1.165) is 0 Å². The van der Waals surface area contributed by atoms with E-state index < -0.39 is 0 Å². The van der Waals surface area contributed by atoms with Crippen molar-refractivity contribution in [2.24, 2.45) is 0 Å². The second-order valence-corrected chi connectivity index (χ2v) is 3.66. The van der Waals surface area contributed by atoms with Crippen molar-refractivity contribution in [2.75, 3.05) is 0 Å². The Hall–Kier alpha value is -0.500. The zero-order valence-corrected chi connectivity index (χ0v) is 7.02. The van der Waals surface area contributed by atoms with Crippen LogP contribution < -0.4 is 5.48 Å². The molecule has 2 aliphatic rings. The minimum Gasteiger partial charge on any atom is -0.271 e. The number of hydrogen-bond acceptors (Lipinski definition) is 2. The molecule has 1 fully saturated rings. The summed E-state index contributed by atoms with van der Waals surface area (Å²) in [5.74, 6) is 0. The quantitative estimate of drug-likeness (QED) is 0.575. The van der Waals surface area contributed by atoms with Crippen molar-refractivity contribution in [3.8, 4) is 0 Å². The highest BCUT2D eigenvalue weighted by Gasteiger charge is 2.34. The molecule has 0 amide bonds. The van der Waals surface area contributed by atoms with Gasteiger partial charge in [0.15, 0.2) is 0 Å². The third kappa shape index (κ3) is 1.27. The van der Waals surface area contributed by atoms with Gasteiger partial charge in [-0.25, -0.2) is 0 Å². The molecule has 2 heteroatoms. The number of nitrogens with one attached hydrogen (secondary N) is 1. The molecule has 1 heterocycles. The molecule has 0 saturated heterocycles. The van der Waals surface area contributed by atoms with Crippen LogP contribution in [0.5, 0.6) is 0 Å². The van der Waals surface area contributed by atoms with Crippen LogP contribution in [0.2, 0.25) is 0 Å². The van der Waals surface area contributed by atoms with E-state index in [1.807, 2.05) is 0 Å². The molecule has 1 spiro atoms. The molecule has 0 aromatic carbocycles. The summed E-state index contributed by atoms with van der Waals surface area (Å²) in [4.78, 5) is 5.55. The Morgan fingerprint density at radius 3 is 2.64 bits per heavy atom. The normalized spacial score (nSPS) is 28.3. The highest BCUT2D eigenvalue weighted by Crippen LogP contribution is 2.35. The van der Waals surface area contributed by atoms with Gasteiger partial charge in [0.05, 0.1) is 0 Å². The lowest BCUT2D eigenvalue weighted by Gasteiger charge is -2.29. The topological polar surface area (TPSA) is 21.3 Å². The Labute approximate surface area is 67.6 Å². The molecular formula is C9H15NO. The third-order valence-corrected chi connectivity index (χ3v) is 2.59. The first-order valence-corrected chi connectivity index (χ1v) is 4.44. The highest BCUT2D eigenvalue weighted by atomic mass is 16.7. The van der Waals surface area contributed by atoms with E-state index in [1.54, 1.807) is 0 Å². The van der Waals surface area contributed by atoms with Crippen molar-refractivity contribution in [1.82, 2.24) is 5.48 Å². The Kier molecular flexibility index (Phi) is 1.64. The Bertz CT molecular complexity index is 180. The maximum atomic E-state index is 5.55. The molecule has 11 heavy (non-hydrogen) atoms. The van der Waals surface area contributed by atoms with Gasteiger partial charge in [-0.15, -0.1) is 0 Å². The van der Waals surface area contributed by atoms with Crippen LogP contribution in [0.3, 0.4) is 0 Å². The van der Waals surface area contributed by atoms with Gasteiger partial charge in [0.25, 0.3) is 0 Å². The van der Waals surface area contributed by atoms with Crippen LogP contribution in [-0.2, 0) is 4.84 Å². The molecule has 0 atom stereocenters. The van der Waals surface area contributed by atoms with Crippen LogP contribution in [0.4, 0.5) is 0 Å². The molecule has 0 radical (unpaired) electrons. The Balaban J connectivity index is 2.09. The average Bonchev–Trinajstić information content (AvgIpc) is 2.34. The first-order valence-electron chi connectivity index (χ1n) is 4.44. The molecule has 1 aliphatic carbocycles. The second kappa shape index (κ2) is 2.52. The van der Waals surface area contributed by atoms with E-state index in [4.69, 9.17) is 4.84 Å². The molecular weight excluding hydrogens is 138 g/mol. The van der Waals surface area contributed by atoms with Gasteiger partial charge in [0.1, 0.15) is 5.60 Å². The van der Waals surface area contributed by atoms with Crippen molar-refractivity contribution in [2.45, 2.75) is 44.6 Å². The number of allylic oxidation sites excluding steroid dienone is 1. The van der Waals surface area contributed by atoms with Gasteiger partial charge in [-0.2, -0.15) is 0 Å². The van der Waals surface area contributed by atoms with Gasteiger partial charge in [-0.1, -0.05) is 19.3 Å². The minimum atomic E-state index is 0.0718. The van der Waals surface area contributed by atoms with E-state index in [9.17, 15) is 0 Å². The van der Waals surface area contributed by atoms with Crippen molar-refractivity contribution >= 4 is 0 Å². The molecule has 1 aliphatic heterocycles. The lowest BCUT2D eigenvalue weighted by atomic mass is 9.85. The summed E-state index contributed by atoms with van der Waals surface area (Å²) >= 11 is 0. The summed E-state index contributed by atoms with van der Waals surface area (Å²) < 4.78 is 0. The largest absolute Gasteiger partial charge is 0.271 e. The van der Waals surface area contributed by atoms with E-state index in [1.165, 1.54) is 37.8 Å². The molecule has 0 bridgehead atoms. The van der Waals surface area contributed by atoms with Crippen molar-refractivity contribution in [3.05, 3.63) is 11.8 Å². The van der Waals surface area contributed by atoms with Gasteiger partial charge in [-0.3, -0.25) is 10.3 Å². The van der Waals surface area contributed by atoms with E-state index in [0.29, 0.717) is 0 Å². The number of hydrogen-bond donors (Lipinski definition) is 1. The smallest absolute Gasteiger partial charge is 0.116 e. The fraction of sp³-hybridized carbons (Fsp3) is 0.778. The molecule has 0 aromatic heterocycles. The zero-order valence-electron chi connectivity index (χ0n) is 7.02. The molecule has 62 valence electrons. The summed E-state index contributed by atoms with van der Waals surface area (Å²) in [5.41, 5.74) is 4.19. The second-order valence-electron chi connectivity index (χ2n) is 3.66. The summed E-state index contributed by atoms with van der Waals surface area (Å²) in [6, 6.07) is 0. The molecule has 0 unspecified atom stereocenters. The van der Waals surface area contributed by atoms with Gasteiger partial charge in [0.2, 0.25) is 0 Å². The van der Waals surface area contributed by atoms with Crippen molar-refractivity contribution < 1.29 is 4.84 Å². The average molecular weight is 153 g/mol. The van der Waals surface area contributed by atoms with E-state index in [2.05, 4.69) is 18.5 Å². The van der Waals surface area contributed by atoms with Gasteiger partial charge < -0.3 is 0 Å². The number of hydroxylamine groups is 1. The van der Waals surface area contributed by atoms with Gasteiger partial charge >= 0.3 is 0 Å². The highest BCUT2D eigenvalue weighted by molar-refractivity contribution is 5.12. The van der Waals surface area contributed by atoms with Gasteiger partial charge in [-0.05, 0) is 25.8 Å². The summed E-state index contributed by atoms with van der Waals surface area (Å²) in [6.07, 6.45) is 8.62. The first kappa shape index (κ1) is 7.17. The maximum absolute atomic E-state index is 5.55. The monoisotopic (exact) mass is 153 g/mol. The van der Waals surface area contributed by atoms with Crippen molar-refractivity contribution in [3.63, 3.8) is 0 Å². The van der Waals surface area contributed by atoms with Crippen LogP contribution >= 0.6 is 0 Å². The molecule has 0 aromatic rings. The summed E-state index contributed by atoms with van der Waals surface area (Å²) in [6.45, 7) is 2.06. The summed E-state index contributed by atoms with van der Waals surface area (Å²) in [7, 11) is 0. The van der Waals surface area contributed by atoms with E-state index in [-0.39, 0.29) is 5.60 Å². The van der Waals surface area contributed by atoms with E-state index >= 15 is 0 Å². The molecule has 1 N–H and O–H groups in total. The third-order valence-electron chi connectivity index (χ3n) is 2.59. The lowest BCUT2D eigenvalue weighted by molar-refractivity contribution is -0.0606. The van der Waals surface area contributed by atoms with Crippen LogP contribution in [0.25, 0.3) is 0 Å². The zero-order chi connectivity index (χ0) is 7.73. The van der Waals surface area contributed by atoms with Crippen LogP contribution in [-0.4, -0.2) is 5.60 Å². The van der Waals surface area contributed by atoms with Crippen molar-refractivity contribution in [1.29, 1.82) is 0 Å². The SMILES string of the molecule is CC1=CC2(CCCCC2)ON1. The Morgan fingerprint density at radius 2 is 2.09 bits per heavy atom. The standard InChI is InChI=1S/C9H15NO/c1-8-7-9(11-10-8)5-3-2-4-6-9/h7,10H,2-6H2,1H3. The lowest BCUT2D eigenvalue weighted by Crippen LogP contribution is -2.31.